The van der Waals surface area contributed by atoms with Crippen molar-refractivity contribution in [2.24, 2.45) is 4.99 Å². The summed E-state index contributed by atoms with van der Waals surface area (Å²) in [5.41, 5.74) is 0. The second-order valence-electron chi connectivity index (χ2n) is 5.73. The van der Waals surface area contributed by atoms with Crippen molar-refractivity contribution in [2.75, 3.05) is 40.3 Å². The van der Waals surface area contributed by atoms with E-state index in [0.29, 0.717) is 12.5 Å². The summed E-state index contributed by atoms with van der Waals surface area (Å²) in [5.74, 6) is 2.10. The number of hydrogen-bond donors (Lipinski definition) is 2. The molecule has 0 aromatic carbocycles. The summed E-state index contributed by atoms with van der Waals surface area (Å²) in [5, 5.41) is 10.1. The number of likely N-dealkylation sites (tertiary alicyclic amines) is 1. The van der Waals surface area contributed by atoms with Crippen LogP contribution in [-0.4, -0.2) is 77.1 Å². The number of hydrogen-bond acceptors (Lipinski definition) is 4. The van der Waals surface area contributed by atoms with Crippen LogP contribution in [0.3, 0.4) is 0 Å². The molecule has 1 aliphatic rings. The summed E-state index contributed by atoms with van der Waals surface area (Å²) in [6, 6.07) is 0. The van der Waals surface area contributed by atoms with Gasteiger partial charge in [-0.3, -0.25) is 9.89 Å². The Morgan fingerprint density at radius 1 is 1.57 bits per heavy atom. The number of carbonyl (C=O) groups is 1. The summed E-state index contributed by atoms with van der Waals surface area (Å²) < 4.78 is 0. The Bertz CT molecular complexity index is 530. The summed E-state index contributed by atoms with van der Waals surface area (Å²) in [4.78, 5) is 24.2. The van der Waals surface area contributed by atoms with E-state index in [9.17, 15) is 4.79 Å². The molecular formula is C15H25N7O. The molecule has 0 aliphatic carbocycles. The highest BCUT2D eigenvalue weighted by atomic mass is 16.2. The van der Waals surface area contributed by atoms with Crippen LogP contribution < -0.4 is 5.32 Å². The van der Waals surface area contributed by atoms with Crippen LogP contribution in [0.15, 0.2) is 24.0 Å². The molecule has 0 spiro atoms. The Morgan fingerprint density at radius 2 is 2.30 bits per heavy atom. The zero-order chi connectivity index (χ0) is 16.7. The molecule has 8 nitrogen and oxygen atoms in total. The van der Waals surface area contributed by atoms with Crippen LogP contribution in [-0.2, 0) is 4.79 Å². The molecule has 1 aliphatic heterocycles. The lowest BCUT2D eigenvalue weighted by molar-refractivity contribution is -0.127. The molecule has 0 atom stereocenters. The number of likely N-dealkylation sites (N-methyl/N-ethyl adjacent to an activating group) is 1. The lowest BCUT2D eigenvalue weighted by atomic mass is 9.96. The van der Waals surface area contributed by atoms with E-state index >= 15 is 0 Å². The quantitative estimate of drug-likeness (QED) is 0.460. The van der Waals surface area contributed by atoms with E-state index in [0.717, 1.165) is 37.7 Å². The average molecular weight is 319 g/mol. The Morgan fingerprint density at radius 3 is 2.87 bits per heavy atom. The van der Waals surface area contributed by atoms with Crippen LogP contribution in [0.4, 0.5) is 0 Å². The Balaban J connectivity index is 1.95. The van der Waals surface area contributed by atoms with Gasteiger partial charge in [0.1, 0.15) is 18.7 Å². The van der Waals surface area contributed by atoms with Crippen LogP contribution in [0.5, 0.6) is 0 Å². The number of guanidine groups is 1. The van der Waals surface area contributed by atoms with E-state index in [1.54, 1.807) is 31.4 Å². The Kier molecular flexibility index (Phi) is 6.13. The molecule has 1 amide bonds. The monoisotopic (exact) mass is 319 g/mol. The van der Waals surface area contributed by atoms with Gasteiger partial charge >= 0.3 is 0 Å². The van der Waals surface area contributed by atoms with Gasteiger partial charge in [0, 0.05) is 39.6 Å². The maximum absolute atomic E-state index is 11.7. The molecule has 0 bridgehead atoms. The number of nitrogens with one attached hydrogen (secondary N) is 2. The SMILES string of the molecule is C=CCNC(=NCC(=O)N(C)C)N1CCC(c2ncn[nH]2)CC1. The minimum atomic E-state index is -0.0144. The highest BCUT2D eigenvalue weighted by Crippen LogP contribution is 2.24. The third-order valence-corrected chi connectivity index (χ3v) is 3.88. The molecule has 1 fully saturated rings. The number of rotatable bonds is 5. The fourth-order valence-electron chi connectivity index (χ4n) is 2.49. The van der Waals surface area contributed by atoms with Crippen molar-refractivity contribution in [2.45, 2.75) is 18.8 Å². The second-order valence-corrected chi connectivity index (χ2v) is 5.73. The van der Waals surface area contributed by atoms with E-state index in [2.05, 4.69) is 37.0 Å². The average Bonchev–Trinajstić information content (AvgIpc) is 3.09. The lowest BCUT2D eigenvalue weighted by Gasteiger charge is -2.33. The molecular weight excluding hydrogens is 294 g/mol. The molecule has 1 aromatic rings. The molecule has 23 heavy (non-hydrogen) atoms. The van der Waals surface area contributed by atoms with Gasteiger partial charge in [0.15, 0.2) is 5.96 Å². The van der Waals surface area contributed by atoms with Gasteiger partial charge in [-0.25, -0.2) is 9.98 Å². The van der Waals surface area contributed by atoms with Gasteiger partial charge in [0.25, 0.3) is 0 Å². The van der Waals surface area contributed by atoms with Gasteiger partial charge in [0.2, 0.25) is 5.91 Å². The number of aromatic amines is 1. The van der Waals surface area contributed by atoms with Gasteiger partial charge < -0.3 is 15.1 Å². The fourth-order valence-corrected chi connectivity index (χ4v) is 2.49. The summed E-state index contributed by atoms with van der Waals surface area (Å²) in [6.45, 7) is 6.22. The molecule has 1 saturated heterocycles. The molecule has 0 radical (unpaired) electrons. The topological polar surface area (TPSA) is 89.5 Å². The second kappa shape index (κ2) is 8.30. The normalized spacial score (nSPS) is 16.3. The highest BCUT2D eigenvalue weighted by Gasteiger charge is 2.24. The van der Waals surface area contributed by atoms with E-state index in [-0.39, 0.29) is 12.5 Å². The minimum Gasteiger partial charge on any atom is -0.353 e. The molecule has 2 heterocycles. The predicted molar refractivity (Wildman–Crippen MR) is 89.1 cm³/mol. The van der Waals surface area contributed by atoms with Crippen LogP contribution in [0.1, 0.15) is 24.6 Å². The van der Waals surface area contributed by atoms with Crippen LogP contribution in [0.2, 0.25) is 0 Å². The van der Waals surface area contributed by atoms with Crippen LogP contribution in [0.25, 0.3) is 0 Å². The van der Waals surface area contributed by atoms with Crippen molar-refractivity contribution in [3.63, 3.8) is 0 Å². The molecule has 0 saturated carbocycles. The van der Waals surface area contributed by atoms with Crippen LogP contribution in [0, 0.1) is 0 Å². The highest BCUT2D eigenvalue weighted by molar-refractivity contribution is 5.85. The number of aromatic nitrogens is 3. The van der Waals surface area contributed by atoms with E-state index < -0.39 is 0 Å². The first-order valence-electron chi connectivity index (χ1n) is 7.81. The lowest BCUT2D eigenvalue weighted by Crippen LogP contribution is -2.46. The van der Waals surface area contributed by atoms with Crippen molar-refractivity contribution < 1.29 is 4.79 Å². The molecule has 2 rings (SSSR count). The number of nitrogens with zero attached hydrogens (tertiary/aromatic N) is 5. The van der Waals surface area contributed by atoms with Gasteiger partial charge in [-0.2, -0.15) is 5.10 Å². The minimum absolute atomic E-state index is 0.0144. The third kappa shape index (κ3) is 4.80. The van der Waals surface area contributed by atoms with Gasteiger partial charge in [-0.15, -0.1) is 6.58 Å². The molecule has 126 valence electrons. The maximum Gasteiger partial charge on any atom is 0.243 e. The van der Waals surface area contributed by atoms with Crippen molar-refractivity contribution >= 4 is 11.9 Å². The largest absolute Gasteiger partial charge is 0.353 e. The van der Waals surface area contributed by atoms with Crippen molar-refractivity contribution in [3.8, 4) is 0 Å². The predicted octanol–water partition coefficient (Wildman–Crippen LogP) is 0.204. The van der Waals surface area contributed by atoms with E-state index in [1.165, 1.54) is 0 Å². The number of amides is 1. The number of piperidine rings is 1. The van der Waals surface area contributed by atoms with Gasteiger partial charge in [-0.1, -0.05) is 6.08 Å². The number of carbonyl (C=O) groups excluding carboxylic acids is 1. The number of aliphatic imine (C=N–C) groups is 1. The van der Waals surface area contributed by atoms with Gasteiger partial charge in [0.05, 0.1) is 0 Å². The van der Waals surface area contributed by atoms with E-state index in [4.69, 9.17) is 0 Å². The van der Waals surface area contributed by atoms with Gasteiger partial charge in [-0.05, 0) is 12.8 Å². The van der Waals surface area contributed by atoms with Crippen molar-refractivity contribution in [3.05, 3.63) is 24.8 Å². The molecule has 0 unspecified atom stereocenters. The smallest absolute Gasteiger partial charge is 0.243 e. The Labute approximate surface area is 136 Å². The van der Waals surface area contributed by atoms with Crippen molar-refractivity contribution in [1.82, 2.24) is 30.3 Å². The van der Waals surface area contributed by atoms with Crippen LogP contribution >= 0.6 is 0 Å². The van der Waals surface area contributed by atoms with E-state index in [1.807, 2.05) is 0 Å². The summed E-state index contributed by atoms with van der Waals surface area (Å²) >= 11 is 0. The Hall–Kier alpha value is -2.38. The maximum atomic E-state index is 11.7. The van der Waals surface area contributed by atoms with Crippen molar-refractivity contribution in [1.29, 1.82) is 0 Å². The standard InChI is InChI=1S/C15H25N7O/c1-4-7-16-15(17-10-13(23)21(2)3)22-8-5-12(6-9-22)14-18-11-19-20-14/h4,11-12H,1,5-10H2,2-3H3,(H,16,17)(H,18,19,20). The summed E-state index contributed by atoms with van der Waals surface area (Å²) in [7, 11) is 3.47. The third-order valence-electron chi connectivity index (χ3n) is 3.88. The zero-order valence-corrected chi connectivity index (χ0v) is 13.8. The molecule has 2 N–H and O–H groups in total. The first-order chi connectivity index (χ1) is 11.1. The summed E-state index contributed by atoms with van der Waals surface area (Å²) in [6.07, 6.45) is 5.29. The first-order valence-corrected chi connectivity index (χ1v) is 7.81. The fraction of sp³-hybridized carbons (Fsp3) is 0.600. The molecule has 1 aromatic heterocycles. The zero-order valence-electron chi connectivity index (χ0n) is 13.8. The first kappa shape index (κ1) is 17.0. The molecule has 8 heteroatoms. The number of H-pyrrole nitrogens is 1.